The largest absolute Gasteiger partial charge is 0.416 e. The van der Waals surface area contributed by atoms with Gasteiger partial charge in [-0.1, -0.05) is 24.8 Å². The molecule has 0 saturated carbocycles. The number of benzene rings is 2. The Kier molecular flexibility index (Phi) is 5.48. The molecule has 0 atom stereocenters. The number of carbonyl (C=O) groups is 1. The molecule has 0 aliphatic carbocycles. The third-order valence-electron chi connectivity index (χ3n) is 3.00. The quantitative estimate of drug-likeness (QED) is 0.737. The SMILES string of the molecule is CCC#Cc1cccc(NC(=O)Nc2ccc(C(F)(F)F)cc2)c1. The van der Waals surface area contributed by atoms with Crippen molar-refractivity contribution < 1.29 is 18.0 Å². The maximum atomic E-state index is 12.5. The fraction of sp³-hybridized carbons (Fsp3) is 0.167. The average molecular weight is 332 g/mol. The highest BCUT2D eigenvalue weighted by Gasteiger charge is 2.29. The summed E-state index contributed by atoms with van der Waals surface area (Å²) in [5.74, 6) is 5.88. The Morgan fingerprint density at radius 2 is 1.71 bits per heavy atom. The molecule has 2 aromatic carbocycles. The van der Waals surface area contributed by atoms with E-state index in [0.717, 1.165) is 24.1 Å². The van der Waals surface area contributed by atoms with Crippen LogP contribution in [0.4, 0.5) is 29.3 Å². The van der Waals surface area contributed by atoms with Crippen LogP contribution in [0.2, 0.25) is 0 Å². The van der Waals surface area contributed by atoms with E-state index in [0.29, 0.717) is 5.69 Å². The molecule has 0 fully saturated rings. The average Bonchev–Trinajstić information content (AvgIpc) is 2.53. The molecule has 0 spiro atoms. The van der Waals surface area contributed by atoms with Crippen LogP contribution in [0.25, 0.3) is 0 Å². The van der Waals surface area contributed by atoms with Gasteiger partial charge in [0.15, 0.2) is 0 Å². The molecule has 2 amide bonds. The lowest BCUT2D eigenvalue weighted by Gasteiger charge is -2.10. The molecule has 2 N–H and O–H groups in total. The van der Waals surface area contributed by atoms with Gasteiger partial charge in [0.25, 0.3) is 0 Å². The number of hydrogen-bond acceptors (Lipinski definition) is 1. The van der Waals surface area contributed by atoms with Crippen LogP contribution in [0.3, 0.4) is 0 Å². The van der Waals surface area contributed by atoms with Crippen molar-refractivity contribution in [3.63, 3.8) is 0 Å². The standard InChI is InChI=1S/C18H15F3N2O/c1-2-3-5-13-6-4-7-16(12-13)23-17(24)22-15-10-8-14(9-11-15)18(19,20)21/h4,6-12H,2H2,1H3,(H2,22,23,24). The van der Waals surface area contributed by atoms with E-state index in [4.69, 9.17) is 0 Å². The van der Waals surface area contributed by atoms with Crippen molar-refractivity contribution >= 4 is 17.4 Å². The minimum absolute atomic E-state index is 0.266. The lowest BCUT2D eigenvalue weighted by atomic mass is 10.2. The second-order valence-electron chi connectivity index (χ2n) is 4.89. The maximum absolute atomic E-state index is 12.5. The molecule has 6 heteroatoms. The van der Waals surface area contributed by atoms with Crippen molar-refractivity contribution in [3.8, 4) is 11.8 Å². The summed E-state index contributed by atoms with van der Waals surface area (Å²) >= 11 is 0. The first-order valence-electron chi connectivity index (χ1n) is 7.22. The monoisotopic (exact) mass is 332 g/mol. The molecule has 0 radical (unpaired) electrons. The van der Waals surface area contributed by atoms with Crippen LogP contribution >= 0.6 is 0 Å². The van der Waals surface area contributed by atoms with E-state index in [1.54, 1.807) is 18.2 Å². The Morgan fingerprint density at radius 3 is 2.33 bits per heavy atom. The van der Waals surface area contributed by atoms with Gasteiger partial charge in [-0.15, -0.1) is 0 Å². The Labute approximate surface area is 137 Å². The number of halogens is 3. The molecule has 124 valence electrons. The molecular weight excluding hydrogens is 317 g/mol. The molecule has 0 unspecified atom stereocenters. The summed E-state index contributed by atoms with van der Waals surface area (Å²) in [6, 6.07) is 10.7. The zero-order valence-corrected chi connectivity index (χ0v) is 12.9. The lowest BCUT2D eigenvalue weighted by Crippen LogP contribution is -2.19. The highest BCUT2D eigenvalue weighted by Crippen LogP contribution is 2.29. The number of amides is 2. The third-order valence-corrected chi connectivity index (χ3v) is 3.00. The van der Waals surface area contributed by atoms with Crippen LogP contribution in [-0.2, 0) is 6.18 Å². The normalized spacial score (nSPS) is 10.5. The molecule has 2 rings (SSSR count). The van der Waals surface area contributed by atoms with Gasteiger partial charge in [0.05, 0.1) is 5.56 Å². The maximum Gasteiger partial charge on any atom is 0.416 e. The summed E-state index contributed by atoms with van der Waals surface area (Å²) < 4.78 is 37.5. The third kappa shape index (κ3) is 5.06. The summed E-state index contributed by atoms with van der Waals surface area (Å²) in [5.41, 5.74) is 0.810. The Hall–Kier alpha value is -2.94. The number of carbonyl (C=O) groups excluding carboxylic acids is 1. The van der Waals surface area contributed by atoms with E-state index in [9.17, 15) is 18.0 Å². The first-order valence-corrected chi connectivity index (χ1v) is 7.22. The second-order valence-corrected chi connectivity index (χ2v) is 4.89. The van der Waals surface area contributed by atoms with Gasteiger partial charge in [-0.05, 0) is 42.5 Å². The van der Waals surface area contributed by atoms with Gasteiger partial charge in [0.1, 0.15) is 0 Å². The minimum atomic E-state index is -4.40. The minimum Gasteiger partial charge on any atom is -0.308 e. The van der Waals surface area contributed by atoms with Gasteiger partial charge >= 0.3 is 12.2 Å². The Bertz CT molecular complexity index is 771. The first-order chi connectivity index (χ1) is 11.4. The summed E-state index contributed by atoms with van der Waals surface area (Å²) in [5, 5.41) is 5.09. The molecule has 0 saturated heterocycles. The van der Waals surface area contributed by atoms with Crippen LogP contribution in [-0.4, -0.2) is 6.03 Å². The van der Waals surface area contributed by atoms with E-state index in [2.05, 4.69) is 22.5 Å². The fourth-order valence-electron chi connectivity index (χ4n) is 1.90. The van der Waals surface area contributed by atoms with Gasteiger partial charge < -0.3 is 10.6 Å². The lowest BCUT2D eigenvalue weighted by molar-refractivity contribution is -0.137. The number of nitrogens with one attached hydrogen (secondary N) is 2. The molecule has 0 bridgehead atoms. The predicted octanol–water partition coefficient (Wildman–Crippen LogP) is 5.11. The summed E-state index contributed by atoms with van der Waals surface area (Å²) in [7, 11) is 0. The smallest absolute Gasteiger partial charge is 0.308 e. The fourth-order valence-corrected chi connectivity index (χ4v) is 1.90. The van der Waals surface area contributed by atoms with Gasteiger partial charge in [-0.3, -0.25) is 0 Å². The van der Waals surface area contributed by atoms with Crippen molar-refractivity contribution in [2.24, 2.45) is 0 Å². The number of hydrogen-bond donors (Lipinski definition) is 2. The van der Waals surface area contributed by atoms with E-state index in [-0.39, 0.29) is 5.69 Å². The van der Waals surface area contributed by atoms with E-state index >= 15 is 0 Å². The van der Waals surface area contributed by atoms with E-state index in [1.165, 1.54) is 12.1 Å². The predicted molar refractivity (Wildman–Crippen MR) is 87.7 cm³/mol. The Balaban J connectivity index is 2.01. The molecule has 0 aliphatic rings. The molecular formula is C18H15F3N2O. The summed E-state index contributed by atoms with van der Waals surface area (Å²) in [6.45, 7) is 1.94. The highest BCUT2D eigenvalue weighted by molar-refractivity contribution is 5.99. The molecule has 0 aromatic heterocycles. The van der Waals surface area contributed by atoms with Crippen molar-refractivity contribution in [2.75, 3.05) is 10.6 Å². The van der Waals surface area contributed by atoms with Crippen molar-refractivity contribution in [3.05, 3.63) is 59.7 Å². The van der Waals surface area contributed by atoms with Crippen LogP contribution in [0.5, 0.6) is 0 Å². The highest BCUT2D eigenvalue weighted by atomic mass is 19.4. The zero-order valence-electron chi connectivity index (χ0n) is 12.9. The number of alkyl halides is 3. The van der Waals surface area contributed by atoms with Gasteiger partial charge in [0, 0.05) is 23.4 Å². The second kappa shape index (κ2) is 7.55. The topological polar surface area (TPSA) is 41.1 Å². The van der Waals surface area contributed by atoms with Gasteiger partial charge in [0.2, 0.25) is 0 Å². The molecule has 24 heavy (non-hydrogen) atoms. The molecule has 0 aliphatic heterocycles. The molecule has 0 heterocycles. The number of anilines is 2. The van der Waals surface area contributed by atoms with Crippen molar-refractivity contribution in [1.82, 2.24) is 0 Å². The van der Waals surface area contributed by atoms with Crippen molar-refractivity contribution in [2.45, 2.75) is 19.5 Å². The molecule has 2 aromatic rings. The molecule has 3 nitrogen and oxygen atoms in total. The first kappa shape index (κ1) is 17.4. The van der Waals surface area contributed by atoms with Crippen LogP contribution in [0, 0.1) is 11.8 Å². The van der Waals surface area contributed by atoms with E-state index < -0.39 is 17.8 Å². The summed E-state index contributed by atoms with van der Waals surface area (Å²) in [6.07, 6.45) is -3.67. The van der Waals surface area contributed by atoms with Gasteiger partial charge in [-0.2, -0.15) is 13.2 Å². The van der Waals surface area contributed by atoms with Gasteiger partial charge in [-0.25, -0.2) is 4.79 Å². The number of urea groups is 1. The summed E-state index contributed by atoms with van der Waals surface area (Å²) in [4.78, 5) is 11.9. The van der Waals surface area contributed by atoms with Crippen LogP contribution in [0.15, 0.2) is 48.5 Å². The van der Waals surface area contributed by atoms with E-state index in [1.807, 2.05) is 13.0 Å². The van der Waals surface area contributed by atoms with Crippen molar-refractivity contribution in [1.29, 1.82) is 0 Å². The Morgan fingerprint density at radius 1 is 1.04 bits per heavy atom. The van der Waals surface area contributed by atoms with Crippen LogP contribution < -0.4 is 10.6 Å². The van der Waals surface area contributed by atoms with Crippen LogP contribution in [0.1, 0.15) is 24.5 Å². The zero-order chi connectivity index (χ0) is 17.6. The number of rotatable bonds is 2.